The van der Waals surface area contributed by atoms with Gasteiger partial charge in [-0.25, -0.2) is 9.97 Å². The lowest BCUT2D eigenvalue weighted by atomic mass is 10.3. The smallest absolute Gasteiger partial charge is 0.291 e. The van der Waals surface area contributed by atoms with E-state index in [1.54, 1.807) is 34.3 Å². The minimum absolute atomic E-state index is 0.0248. The Morgan fingerprint density at radius 1 is 0.925 bits per heavy atom. The maximum absolute atomic E-state index is 12.7. The molecule has 0 bridgehead atoms. The minimum Gasteiger partial charge on any atom is -0.362 e. The number of anilines is 3. The maximum atomic E-state index is 12.7. The Hall–Kier alpha value is -4.54. The normalized spacial score (nSPS) is 11.7. The third-order valence-electron chi connectivity index (χ3n) is 5.58. The van der Waals surface area contributed by atoms with E-state index in [0.29, 0.717) is 12.3 Å². The van der Waals surface area contributed by atoms with E-state index in [0.717, 1.165) is 0 Å². The molecule has 0 aliphatic rings. The molecule has 0 aliphatic heterocycles. The Labute approximate surface area is 229 Å². The van der Waals surface area contributed by atoms with Crippen LogP contribution in [0.2, 0.25) is 0 Å². The summed E-state index contributed by atoms with van der Waals surface area (Å²) in [6.45, 7) is 2.27. The van der Waals surface area contributed by atoms with Crippen LogP contribution in [0.4, 0.5) is 17.3 Å². The summed E-state index contributed by atoms with van der Waals surface area (Å²) in [7, 11) is 4.91. The summed E-state index contributed by atoms with van der Waals surface area (Å²) >= 11 is 0. The first-order chi connectivity index (χ1) is 19.0. The van der Waals surface area contributed by atoms with E-state index in [9.17, 15) is 24.3 Å². The summed E-state index contributed by atoms with van der Waals surface area (Å²) in [4.78, 5) is 57.7. The number of nitrogens with two attached hydrogens (primary N) is 1. The van der Waals surface area contributed by atoms with Crippen molar-refractivity contribution in [1.29, 1.82) is 0 Å². The second-order valence-corrected chi connectivity index (χ2v) is 8.78. The van der Waals surface area contributed by atoms with Gasteiger partial charge in [-0.15, -0.1) is 0 Å². The molecule has 3 rings (SSSR count). The largest absolute Gasteiger partial charge is 0.362 e. The highest BCUT2D eigenvalue weighted by Gasteiger charge is 2.19. The van der Waals surface area contributed by atoms with Gasteiger partial charge in [0.15, 0.2) is 17.5 Å². The molecule has 4 amide bonds. The second kappa shape index (κ2) is 13.5. The van der Waals surface area contributed by atoms with Crippen molar-refractivity contribution in [3.05, 3.63) is 42.0 Å². The van der Waals surface area contributed by atoms with E-state index in [4.69, 9.17) is 10.5 Å². The molecule has 0 radical (unpaired) electrons. The van der Waals surface area contributed by atoms with Crippen molar-refractivity contribution >= 4 is 41.0 Å². The number of nitrogens with zero attached hydrogens (tertiary/aromatic N) is 5. The first kappa shape index (κ1) is 30.0. The van der Waals surface area contributed by atoms with Gasteiger partial charge in [-0.05, 0) is 13.0 Å². The predicted octanol–water partition coefficient (Wildman–Crippen LogP) is -0.182. The summed E-state index contributed by atoms with van der Waals surface area (Å²) in [6, 6.07) is 1.49. The minimum atomic E-state index is -1.21. The number of hydrogen-bond donors (Lipinski definition) is 6. The number of nitrogens with one attached hydrogen (secondary N) is 4. The Morgan fingerprint density at radius 3 is 2.25 bits per heavy atom. The zero-order chi connectivity index (χ0) is 29.4. The van der Waals surface area contributed by atoms with Gasteiger partial charge in [0.25, 0.3) is 11.8 Å². The number of carbonyl (C=O) groups excluding carboxylic acids is 4. The van der Waals surface area contributed by atoms with Crippen LogP contribution in [-0.2, 0) is 35.5 Å². The third kappa shape index (κ3) is 7.75. The monoisotopic (exact) mass is 558 g/mol. The van der Waals surface area contributed by atoms with Crippen LogP contribution < -0.4 is 27.0 Å². The molecule has 0 spiro atoms. The molecule has 1 atom stereocenters. The van der Waals surface area contributed by atoms with Gasteiger partial charge in [-0.3, -0.25) is 19.2 Å². The molecule has 0 saturated heterocycles. The van der Waals surface area contributed by atoms with E-state index in [1.807, 2.05) is 0 Å². The van der Waals surface area contributed by atoms with Gasteiger partial charge in [-0.1, -0.05) is 0 Å². The number of rotatable bonds is 13. The lowest BCUT2D eigenvalue weighted by molar-refractivity contribution is -0.116. The third-order valence-corrected chi connectivity index (χ3v) is 5.58. The van der Waals surface area contributed by atoms with Crippen LogP contribution in [0.25, 0.3) is 0 Å². The first-order valence-corrected chi connectivity index (χ1v) is 12.4. The van der Waals surface area contributed by atoms with Crippen molar-refractivity contribution in [2.24, 2.45) is 26.9 Å². The van der Waals surface area contributed by atoms with Crippen molar-refractivity contribution in [1.82, 2.24) is 29.0 Å². The first-order valence-electron chi connectivity index (χ1n) is 12.4. The van der Waals surface area contributed by atoms with E-state index in [1.165, 1.54) is 32.2 Å². The molecule has 0 aliphatic carbocycles. The Morgan fingerprint density at radius 2 is 1.57 bits per heavy atom. The molecule has 0 fully saturated rings. The molecule has 7 N–H and O–H groups in total. The molecular formula is C24H34N10O6. The van der Waals surface area contributed by atoms with Gasteiger partial charge in [0.05, 0.1) is 5.69 Å². The van der Waals surface area contributed by atoms with Crippen molar-refractivity contribution in [2.45, 2.75) is 26.1 Å². The van der Waals surface area contributed by atoms with Crippen LogP contribution in [0.1, 0.15) is 53.0 Å². The quantitative estimate of drug-likeness (QED) is 0.153. The summed E-state index contributed by atoms with van der Waals surface area (Å²) < 4.78 is 9.64. The molecule has 3 heterocycles. The summed E-state index contributed by atoms with van der Waals surface area (Å²) in [5, 5.41) is 20.5. The van der Waals surface area contributed by atoms with Crippen LogP contribution in [0.3, 0.4) is 0 Å². The zero-order valence-corrected chi connectivity index (χ0v) is 22.7. The van der Waals surface area contributed by atoms with Crippen LogP contribution in [-0.4, -0.2) is 72.1 Å². The number of amides is 4. The zero-order valence-electron chi connectivity index (χ0n) is 22.7. The van der Waals surface area contributed by atoms with E-state index in [-0.39, 0.29) is 66.7 Å². The second-order valence-electron chi connectivity index (χ2n) is 8.78. The molecular weight excluding hydrogens is 524 g/mol. The average molecular weight is 559 g/mol. The molecule has 3 aromatic rings. The average Bonchev–Trinajstić information content (AvgIpc) is 3.55. The van der Waals surface area contributed by atoms with E-state index >= 15 is 0 Å². The van der Waals surface area contributed by atoms with E-state index < -0.39 is 18.1 Å². The van der Waals surface area contributed by atoms with Gasteiger partial charge in [-0.2, -0.15) is 0 Å². The van der Waals surface area contributed by atoms with E-state index in [2.05, 4.69) is 31.2 Å². The van der Waals surface area contributed by atoms with Crippen LogP contribution in [0.5, 0.6) is 0 Å². The van der Waals surface area contributed by atoms with Gasteiger partial charge < -0.3 is 50.5 Å². The number of aryl methyl sites for hydroxylation is 3. The lowest BCUT2D eigenvalue weighted by Crippen LogP contribution is -2.29. The number of ether oxygens (including phenoxy) is 1. The molecule has 16 nitrogen and oxygen atoms in total. The molecule has 40 heavy (non-hydrogen) atoms. The number of aliphatic hydroxyl groups is 1. The van der Waals surface area contributed by atoms with Gasteiger partial charge in [0, 0.05) is 72.3 Å². The van der Waals surface area contributed by atoms with Gasteiger partial charge in [0.1, 0.15) is 5.69 Å². The number of imidazole rings is 2. The van der Waals surface area contributed by atoms with Crippen molar-refractivity contribution in [2.75, 3.05) is 35.6 Å². The predicted molar refractivity (Wildman–Crippen MR) is 144 cm³/mol. The fourth-order valence-corrected chi connectivity index (χ4v) is 3.71. The molecule has 1 unspecified atom stereocenters. The van der Waals surface area contributed by atoms with Gasteiger partial charge >= 0.3 is 0 Å². The number of aromatic nitrogens is 5. The number of carbonyl (C=O) groups is 4. The van der Waals surface area contributed by atoms with Crippen LogP contribution >= 0.6 is 0 Å². The Bertz CT molecular complexity index is 1370. The Balaban J connectivity index is 1.51. The highest BCUT2D eigenvalue weighted by atomic mass is 16.6. The van der Waals surface area contributed by atoms with Crippen molar-refractivity contribution in [3.63, 3.8) is 0 Å². The fraction of sp³-hybridized carbons (Fsp3) is 0.417. The topological polar surface area (TPSA) is 212 Å². The van der Waals surface area contributed by atoms with Gasteiger partial charge in [0.2, 0.25) is 23.9 Å². The highest BCUT2D eigenvalue weighted by Crippen LogP contribution is 2.17. The highest BCUT2D eigenvalue weighted by molar-refractivity contribution is 6.03. The molecule has 3 aromatic heterocycles. The molecule has 0 aromatic carbocycles. The summed E-state index contributed by atoms with van der Waals surface area (Å²) in [5.41, 5.74) is 5.97. The van der Waals surface area contributed by atoms with Crippen LogP contribution in [0.15, 0.2) is 24.7 Å². The maximum Gasteiger partial charge on any atom is 0.291 e. The molecule has 216 valence electrons. The van der Waals surface area contributed by atoms with Crippen molar-refractivity contribution < 1.29 is 29.0 Å². The summed E-state index contributed by atoms with van der Waals surface area (Å²) in [5.74, 6) is -0.925. The van der Waals surface area contributed by atoms with Crippen molar-refractivity contribution in [3.8, 4) is 0 Å². The molecule has 0 saturated carbocycles. The molecule has 16 heteroatoms. The van der Waals surface area contributed by atoms with Crippen LogP contribution in [0, 0.1) is 0 Å². The number of aliphatic hydroxyl groups excluding tert-OH is 1. The lowest BCUT2D eigenvalue weighted by Gasteiger charge is -2.09. The summed E-state index contributed by atoms with van der Waals surface area (Å²) in [6.07, 6.45) is 3.49. The number of hydrogen-bond acceptors (Lipinski definition) is 9. The SMILES string of the molecule is CCOC(O)c1nc(NC(=O)CCNC(=O)c2cc(NC(=O)c3nc(NC(=O)CCN)cn3C)cn2C)cn1C. The fourth-order valence-electron chi connectivity index (χ4n) is 3.71. The Kier molecular flexibility index (Phi) is 10.1. The standard InChI is InChI=1S/C24H34N10O6/c1-5-40-24(39)21-31-17(13-34(21)4)29-19(36)7-9-26-22(37)15-10-14(11-32(15)2)27-23(38)20-30-16(12-33(20)3)28-18(35)6-8-25/h10-13,24,39H,5-9,25H2,1-4H3,(H,26,37)(H,27,38)(H,28,35)(H,29,36).